The van der Waals surface area contributed by atoms with E-state index in [0.29, 0.717) is 12.8 Å². The molecule has 9 heteroatoms. The topological polar surface area (TPSA) is 149 Å². The van der Waals surface area contributed by atoms with E-state index in [1.807, 2.05) is 0 Å². The van der Waals surface area contributed by atoms with Crippen molar-refractivity contribution in [2.45, 2.75) is 166 Å². The van der Waals surface area contributed by atoms with Gasteiger partial charge in [-0.1, -0.05) is 126 Å². The predicted octanol–water partition coefficient (Wildman–Crippen LogP) is 6.10. The van der Waals surface area contributed by atoms with Gasteiger partial charge in [0.15, 0.2) is 6.29 Å². The maximum Gasteiger partial charge on any atom is 0.220 e. The molecule has 48 heavy (non-hydrogen) atoms. The summed E-state index contributed by atoms with van der Waals surface area (Å²) in [7, 11) is 0. The van der Waals surface area contributed by atoms with Crippen molar-refractivity contribution in [2.24, 2.45) is 0 Å². The zero-order chi connectivity index (χ0) is 35.2. The highest BCUT2D eigenvalue weighted by atomic mass is 16.7. The van der Waals surface area contributed by atoms with Crippen LogP contribution in [-0.2, 0) is 14.3 Å². The molecule has 1 aliphatic rings. The van der Waals surface area contributed by atoms with Crippen LogP contribution in [0.2, 0.25) is 0 Å². The van der Waals surface area contributed by atoms with Crippen molar-refractivity contribution in [1.29, 1.82) is 0 Å². The van der Waals surface area contributed by atoms with Gasteiger partial charge in [0.1, 0.15) is 24.4 Å². The summed E-state index contributed by atoms with van der Waals surface area (Å²) in [4.78, 5) is 12.8. The Morgan fingerprint density at radius 1 is 0.729 bits per heavy atom. The number of unbranched alkanes of at least 4 members (excludes halogenated alkanes) is 8. The van der Waals surface area contributed by atoms with Crippen LogP contribution >= 0.6 is 0 Å². The summed E-state index contributed by atoms with van der Waals surface area (Å²) in [5.41, 5.74) is 0. The van der Waals surface area contributed by atoms with Gasteiger partial charge < -0.3 is 40.3 Å². The zero-order valence-electron chi connectivity index (χ0n) is 29.7. The third-order valence-electron chi connectivity index (χ3n) is 8.39. The van der Waals surface area contributed by atoms with Crippen molar-refractivity contribution in [3.63, 3.8) is 0 Å². The summed E-state index contributed by atoms with van der Waals surface area (Å²) in [6.07, 6.45) is 29.6. The van der Waals surface area contributed by atoms with Gasteiger partial charge in [-0.2, -0.15) is 0 Å². The number of carbonyl (C=O) groups excluding carboxylic acids is 1. The third kappa shape index (κ3) is 21.1. The standard InChI is InChI=1S/C39H67NO8/c1-3-5-7-9-11-13-14-15-16-17-18-19-20-21-23-25-27-29-35(43)40-32(33(42)28-26-24-22-12-10-8-6-4-2)31-47-39-38(46)37(45)36(44)34(30-41)48-39/h5,7,11,13,15-16,18-19,21,23,32-34,36-39,41-42,44-46H,3-4,6,8-10,12,14,17,20,22,24-31H2,1-2H3,(H,40,43)/b7-5-,13-11-,16-15-,19-18-,23-21-. The lowest BCUT2D eigenvalue weighted by molar-refractivity contribution is -0.302. The van der Waals surface area contributed by atoms with E-state index in [1.165, 1.54) is 32.1 Å². The van der Waals surface area contributed by atoms with Crippen LogP contribution in [0.4, 0.5) is 0 Å². The largest absolute Gasteiger partial charge is 0.394 e. The molecule has 1 rings (SSSR count). The molecule has 9 nitrogen and oxygen atoms in total. The number of aliphatic hydroxyl groups is 5. The van der Waals surface area contributed by atoms with Gasteiger partial charge in [0.2, 0.25) is 5.91 Å². The number of hydrogen-bond acceptors (Lipinski definition) is 8. The Balaban J connectivity index is 2.46. The summed E-state index contributed by atoms with van der Waals surface area (Å²) in [5.74, 6) is -0.209. The zero-order valence-corrected chi connectivity index (χ0v) is 29.7. The predicted molar refractivity (Wildman–Crippen MR) is 193 cm³/mol. The average Bonchev–Trinajstić information content (AvgIpc) is 3.08. The molecule has 1 amide bonds. The van der Waals surface area contributed by atoms with Crippen LogP contribution in [0, 0.1) is 0 Å². The van der Waals surface area contributed by atoms with E-state index in [-0.39, 0.29) is 18.9 Å². The number of carbonyl (C=O) groups is 1. The first-order chi connectivity index (χ1) is 23.3. The van der Waals surface area contributed by atoms with Crippen LogP contribution in [0.5, 0.6) is 0 Å². The number of hydrogen-bond donors (Lipinski definition) is 6. The fourth-order valence-corrected chi connectivity index (χ4v) is 5.37. The molecule has 0 aromatic rings. The van der Waals surface area contributed by atoms with Gasteiger partial charge in [-0.05, 0) is 51.4 Å². The van der Waals surface area contributed by atoms with Gasteiger partial charge in [-0.3, -0.25) is 4.79 Å². The molecule has 1 aliphatic heterocycles. The molecule has 0 saturated carbocycles. The number of allylic oxidation sites excluding steroid dienone is 10. The number of nitrogens with one attached hydrogen (secondary N) is 1. The maximum atomic E-state index is 12.8. The maximum absolute atomic E-state index is 12.8. The van der Waals surface area contributed by atoms with E-state index in [2.05, 4.69) is 79.9 Å². The van der Waals surface area contributed by atoms with Gasteiger partial charge in [0.05, 0.1) is 25.4 Å². The highest BCUT2D eigenvalue weighted by molar-refractivity contribution is 5.76. The van der Waals surface area contributed by atoms with E-state index in [4.69, 9.17) is 9.47 Å². The molecule has 6 N–H and O–H groups in total. The van der Waals surface area contributed by atoms with Gasteiger partial charge in [0.25, 0.3) is 0 Å². The van der Waals surface area contributed by atoms with Gasteiger partial charge in [0, 0.05) is 6.42 Å². The van der Waals surface area contributed by atoms with Gasteiger partial charge >= 0.3 is 0 Å². The number of ether oxygens (including phenoxy) is 2. The second-order valence-corrected chi connectivity index (χ2v) is 12.6. The average molecular weight is 678 g/mol. The number of aliphatic hydroxyl groups excluding tert-OH is 5. The Hall–Kier alpha value is -2.11. The minimum Gasteiger partial charge on any atom is -0.394 e. The molecular formula is C39H67NO8. The lowest BCUT2D eigenvalue weighted by atomic mass is 9.99. The molecule has 0 aromatic carbocycles. The van der Waals surface area contributed by atoms with Gasteiger partial charge in [-0.25, -0.2) is 0 Å². The second-order valence-electron chi connectivity index (χ2n) is 12.6. The summed E-state index contributed by atoms with van der Waals surface area (Å²) in [6, 6.07) is -0.747. The molecule has 0 radical (unpaired) electrons. The molecule has 1 saturated heterocycles. The van der Waals surface area contributed by atoms with E-state index in [9.17, 15) is 30.3 Å². The van der Waals surface area contributed by atoms with Crippen molar-refractivity contribution >= 4 is 5.91 Å². The van der Waals surface area contributed by atoms with E-state index in [0.717, 1.165) is 57.8 Å². The van der Waals surface area contributed by atoms with Gasteiger partial charge in [-0.15, -0.1) is 0 Å². The summed E-state index contributed by atoms with van der Waals surface area (Å²) < 4.78 is 11.1. The molecule has 0 aromatic heterocycles. The molecule has 276 valence electrons. The summed E-state index contributed by atoms with van der Waals surface area (Å²) in [6.45, 7) is 3.60. The summed E-state index contributed by atoms with van der Waals surface area (Å²) >= 11 is 0. The van der Waals surface area contributed by atoms with E-state index in [1.54, 1.807) is 0 Å². The quantitative estimate of drug-likeness (QED) is 0.0430. The van der Waals surface area contributed by atoms with E-state index >= 15 is 0 Å². The van der Waals surface area contributed by atoms with Crippen LogP contribution in [-0.4, -0.2) is 87.5 Å². The third-order valence-corrected chi connectivity index (χ3v) is 8.39. The summed E-state index contributed by atoms with van der Waals surface area (Å²) in [5, 5.41) is 53.8. The lowest BCUT2D eigenvalue weighted by Crippen LogP contribution is -2.60. The SMILES string of the molecule is CC/C=C\C/C=C\C/C=C\C/C=C\C/C=C\CCCC(=O)NC(COC1OC(CO)C(O)C(O)C1O)C(O)CCCCCCCCCC. The Morgan fingerprint density at radius 2 is 1.27 bits per heavy atom. The number of amides is 1. The molecule has 0 aliphatic carbocycles. The first kappa shape index (κ1) is 43.9. The Morgan fingerprint density at radius 3 is 1.83 bits per heavy atom. The smallest absolute Gasteiger partial charge is 0.220 e. The fourth-order valence-electron chi connectivity index (χ4n) is 5.37. The van der Waals surface area contributed by atoms with Crippen molar-refractivity contribution in [1.82, 2.24) is 5.32 Å². The fraction of sp³-hybridized carbons (Fsp3) is 0.718. The first-order valence-electron chi connectivity index (χ1n) is 18.5. The molecule has 7 unspecified atom stereocenters. The number of rotatable bonds is 28. The monoisotopic (exact) mass is 677 g/mol. The molecule has 1 fully saturated rings. The molecule has 0 bridgehead atoms. The van der Waals surface area contributed by atoms with Crippen LogP contribution in [0.1, 0.15) is 123 Å². The second kappa shape index (κ2) is 29.8. The highest BCUT2D eigenvalue weighted by Gasteiger charge is 2.44. The van der Waals surface area contributed by atoms with Crippen molar-refractivity contribution in [3.05, 3.63) is 60.8 Å². The van der Waals surface area contributed by atoms with Crippen LogP contribution in [0.3, 0.4) is 0 Å². The normalized spacial score (nSPS) is 23.4. The molecular weight excluding hydrogens is 610 g/mol. The molecule has 1 heterocycles. The first-order valence-corrected chi connectivity index (χ1v) is 18.5. The van der Waals surface area contributed by atoms with Crippen molar-refractivity contribution in [3.8, 4) is 0 Å². The minimum absolute atomic E-state index is 0.165. The van der Waals surface area contributed by atoms with Crippen LogP contribution in [0.25, 0.3) is 0 Å². The Bertz CT molecular complexity index is 931. The highest BCUT2D eigenvalue weighted by Crippen LogP contribution is 2.22. The Labute approximate surface area is 290 Å². The molecule has 7 atom stereocenters. The van der Waals surface area contributed by atoms with Crippen molar-refractivity contribution in [2.75, 3.05) is 13.2 Å². The van der Waals surface area contributed by atoms with Crippen molar-refractivity contribution < 1.29 is 39.8 Å². The Kier molecular flexibility index (Phi) is 27.2. The van der Waals surface area contributed by atoms with E-state index < -0.39 is 49.5 Å². The minimum atomic E-state index is -1.56. The van der Waals surface area contributed by atoms with Crippen LogP contribution in [0.15, 0.2) is 60.8 Å². The van der Waals surface area contributed by atoms with Crippen LogP contribution < -0.4 is 5.32 Å². The lowest BCUT2D eigenvalue weighted by Gasteiger charge is -2.40. The molecule has 0 spiro atoms.